The Hall–Kier alpha value is -3.11. The third-order valence-corrected chi connectivity index (χ3v) is 5.71. The number of amides is 1. The molecule has 0 aliphatic carbocycles. The molecule has 0 saturated carbocycles. The lowest BCUT2D eigenvalue weighted by Gasteiger charge is -2.29. The fourth-order valence-corrected chi connectivity index (χ4v) is 4.19. The largest absolute Gasteiger partial charge is 0.314 e. The van der Waals surface area contributed by atoms with E-state index in [0.717, 1.165) is 47.5 Å². The van der Waals surface area contributed by atoms with Crippen LogP contribution in [0.25, 0.3) is 22.4 Å². The zero-order valence-corrected chi connectivity index (χ0v) is 16.6. The van der Waals surface area contributed by atoms with Crippen LogP contribution in [0, 0.1) is 0 Å². The zero-order valence-electron chi connectivity index (χ0n) is 15.9. The molecule has 29 heavy (non-hydrogen) atoms. The van der Waals surface area contributed by atoms with E-state index in [1.807, 2.05) is 76.2 Å². The van der Waals surface area contributed by atoms with Crippen LogP contribution in [0.1, 0.15) is 12.0 Å². The van der Waals surface area contributed by atoms with Gasteiger partial charge >= 0.3 is 0 Å². The van der Waals surface area contributed by atoms with Gasteiger partial charge in [-0.05, 0) is 60.9 Å². The molecule has 0 fully saturated rings. The van der Waals surface area contributed by atoms with Crippen LogP contribution in [0.2, 0.25) is 5.02 Å². The number of fused-ring (bicyclic) bond motifs is 2. The molecule has 0 saturated heterocycles. The second kappa shape index (κ2) is 7.37. The number of aromatic nitrogens is 2. The molecule has 4 nitrogen and oxygen atoms in total. The van der Waals surface area contributed by atoms with E-state index in [1.54, 1.807) is 0 Å². The van der Waals surface area contributed by atoms with Crippen molar-refractivity contribution in [2.75, 3.05) is 11.4 Å². The van der Waals surface area contributed by atoms with Gasteiger partial charge in [-0.2, -0.15) is 0 Å². The van der Waals surface area contributed by atoms with Gasteiger partial charge in [-0.3, -0.25) is 4.79 Å². The Balaban J connectivity index is 1.56. The third kappa shape index (κ3) is 3.30. The van der Waals surface area contributed by atoms with Crippen molar-refractivity contribution in [2.24, 2.45) is 0 Å². The minimum atomic E-state index is 0.0792. The van der Waals surface area contributed by atoms with E-state index < -0.39 is 0 Å². The highest BCUT2D eigenvalue weighted by Gasteiger charge is 2.24. The van der Waals surface area contributed by atoms with E-state index in [2.05, 4.69) is 6.07 Å². The third-order valence-electron chi connectivity index (χ3n) is 5.46. The predicted molar refractivity (Wildman–Crippen MR) is 117 cm³/mol. The highest BCUT2D eigenvalue weighted by molar-refractivity contribution is 6.30. The number of rotatable bonds is 3. The van der Waals surface area contributed by atoms with Crippen molar-refractivity contribution in [2.45, 2.75) is 19.4 Å². The van der Waals surface area contributed by atoms with Crippen LogP contribution in [0.5, 0.6) is 0 Å². The summed E-state index contributed by atoms with van der Waals surface area (Å²) < 4.78 is 2.01. The molecule has 5 heteroatoms. The van der Waals surface area contributed by atoms with Crippen LogP contribution in [0.4, 0.5) is 5.69 Å². The molecule has 0 bridgehead atoms. The molecule has 0 unspecified atom stereocenters. The van der Waals surface area contributed by atoms with Crippen LogP contribution < -0.4 is 4.90 Å². The minimum Gasteiger partial charge on any atom is -0.314 e. The van der Waals surface area contributed by atoms with Gasteiger partial charge in [-0.1, -0.05) is 41.9 Å². The topological polar surface area (TPSA) is 38.1 Å². The molecule has 1 aliphatic rings. The number of para-hydroxylation sites is 3. The molecule has 1 amide bonds. The van der Waals surface area contributed by atoms with Gasteiger partial charge in [0.2, 0.25) is 5.91 Å². The predicted octanol–water partition coefficient (Wildman–Crippen LogP) is 5.34. The summed E-state index contributed by atoms with van der Waals surface area (Å²) in [4.78, 5) is 20.1. The van der Waals surface area contributed by atoms with Gasteiger partial charge in [0.05, 0.1) is 11.0 Å². The lowest BCUT2D eigenvalue weighted by atomic mass is 10.0. The highest BCUT2D eigenvalue weighted by atomic mass is 35.5. The maximum Gasteiger partial charge on any atom is 0.247 e. The number of anilines is 1. The Morgan fingerprint density at radius 2 is 1.72 bits per heavy atom. The van der Waals surface area contributed by atoms with E-state index in [0.29, 0.717) is 5.02 Å². The zero-order chi connectivity index (χ0) is 19.8. The first-order valence-corrected chi connectivity index (χ1v) is 10.2. The van der Waals surface area contributed by atoms with Crippen LogP contribution in [0.15, 0.2) is 72.8 Å². The maximum absolute atomic E-state index is 13.4. The van der Waals surface area contributed by atoms with Gasteiger partial charge in [0.1, 0.15) is 12.4 Å². The Bertz CT molecular complexity index is 1200. The summed E-state index contributed by atoms with van der Waals surface area (Å²) in [7, 11) is 0. The Labute approximate surface area is 174 Å². The van der Waals surface area contributed by atoms with Gasteiger partial charge in [-0.25, -0.2) is 4.98 Å². The second-order valence-electron chi connectivity index (χ2n) is 7.29. The molecular formula is C24H20ClN3O. The number of halogens is 1. The summed E-state index contributed by atoms with van der Waals surface area (Å²) in [6, 6.07) is 23.7. The SMILES string of the molecule is O=C(Cn1c(-c2ccc(Cl)cc2)nc2ccccc21)N1CCCc2ccccc21. The molecule has 144 valence electrons. The van der Waals surface area contributed by atoms with E-state index in [4.69, 9.17) is 16.6 Å². The number of hydrogen-bond acceptors (Lipinski definition) is 2. The van der Waals surface area contributed by atoms with Crippen LogP contribution in [-0.2, 0) is 17.8 Å². The van der Waals surface area contributed by atoms with Crippen molar-refractivity contribution >= 4 is 34.2 Å². The van der Waals surface area contributed by atoms with Crippen LogP contribution in [0.3, 0.4) is 0 Å². The van der Waals surface area contributed by atoms with Crippen molar-refractivity contribution in [3.8, 4) is 11.4 Å². The quantitative estimate of drug-likeness (QED) is 0.465. The van der Waals surface area contributed by atoms with Crippen molar-refractivity contribution in [1.29, 1.82) is 0 Å². The average Bonchev–Trinajstić information content (AvgIpc) is 3.12. The summed E-state index contributed by atoms with van der Waals surface area (Å²) in [6.45, 7) is 0.992. The van der Waals surface area contributed by atoms with Gasteiger partial charge in [-0.15, -0.1) is 0 Å². The van der Waals surface area contributed by atoms with E-state index in [1.165, 1.54) is 5.56 Å². The fourth-order valence-electron chi connectivity index (χ4n) is 4.07. The molecule has 3 aromatic carbocycles. The number of carbonyl (C=O) groups is 1. The molecule has 1 aromatic heterocycles. The van der Waals surface area contributed by atoms with Gasteiger partial charge in [0, 0.05) is 22.8 Å². The molecule has 5 rings (SSSR count). The number of imidazole rings is 1. The first-order valence-electron chi connectivity index (χ1n) is 9.80. The fraction of sp³-hybridized carbons (Fsp3) is 0.167. The van der Waals surface area contributed by atoms with Crippen molar-refractivity contribution < 1.29 is 4.79 Å². The number of aryl methyl sites for hydroxylation is 1. The van der Waals surface area contributed by atoms with E-state index in [9.17, 15) is 4.79 Å². The number of carbonyl (C=O) groups excluding carboxylic acids is 1. The number of benzene rings is 3. The Morgan fingerprint density at radius 1 is 0.966 bits per heavy atom. The second-order valence-corrected chi connectivity index (χ2v) is 7.73. The standard InChI is InChI=1S/C24H20ClN3O/c25-19-13-11-18(12-14-19)24-26-20-8-2-4-10-22(20)28(24)16-23(29)27-15-5-7-17-6-1-3-9-21(17)27/h1-4,6,8-14H,5,7,15-16H2. The molecule has 1 aliphatic heterocycles. The molecule has 2 heterocycles. The van der Waals surface area contributed by atoms with Crippen LogP contribution in [-0.4, -0.2) is 22.0 Å². The van der Waals surface area contributed by atoms with E-state index >= 15 is 0 Å². The van der Waals surface area contributed by atoms with E-state index in [-0.39, 0.29) is 12.5 Å². The summed E-state index contributed by atoms with van der Waals surface area (Å²) in [6.07, 6.45) is 2.00. The molecule has 0 atom stereocenters. The van der Waals surface area contributed by atoms with Crippen molar-refractivity contribution in [3.63, 3.8) is 0 Å². The number of nitrogens with zero attached hydrogens (tertiary/aromatic N) is 3. The smallest absolute Gasteiger partial charge is 0.247 e. The average molecular weight is 402 g/mol. The monoisotopic (exact) mass is 401 g/mol. The van der Waals surface area contributed by atoms with Crippen molar-refractivity contribution in [3.05, 3.63) is 83.4 Å². The summed E-state index contributed by atoms with van der Waals surface area (Å²) >= 11 is 6.06. The summed E-state index contributed by atoms with van der Waals surface area (Å²) in [5, 5.41) is 0.678. The lowest BCUT2D eigenvalue weighted by Crippen LogP contribution is -2.37. The van der Waals surface area contributed by atoms with Crippen LogP contribution >= 0.6 is 11.6 Å². The normalized spacial score (nSPS) is 13.5. The molecule has 0 spiro atoms. The first kappa shape index (κ1) is 18.0. The summed E-state index contributed by atoms with van der Waals surface area (Å²) in [5.74, 6) is 0.858. The molecule has 0 N–H and O–H groups in total. The highest BCUT2D eigenvalue weighted by Crippen LogP contribution is 2.29. The molecule has 0 radical (unpaired) electrons. The first-order chi connectivity index (χ1) is 14.2. The summed E-state index contributed by atoms with van der Waals surface area (Å²) in [5.41, 5.74) is 5.04. The molecular weight excluding hydrogens is 382 g/mol. The maximum atomic E-state index is 13.4. The minimum absolute atomic E-state index is 0.0792. The molecule has 4 aromatic rings. The van der Waals surface area contributed by atoms with Gasteiger partial charge in [0.15, 0.2) is 0 Å². The Morgan fingerprint density at radius 3 is 2.59 bits per heavy atom. The lowest BCUT2D eigenvalue weighted by molar-refractivity contribution is -0.119. The van der Waals surface area contributed by atoms with Gasteiger partial charge < -0.3 is 9.47 Å². The van der Waals surface area contributed by atoms with Gasteiger partial charge in [0.25, 0.3) is 0 Å². The van der Waals surface area contributed by atoms with Crippen molar-refractivity contribution in [1.82, 2.24) is 9.55 Å². The Kier molecular flexibility index (Phi) is 4.57. The number of hydrogen-bond donors (Lipinski definition) is 0.